The van der Waals surface area contributed by atoms with E-state index in [1.165, 1.54) is 19.3 Å². The molecular formula is C16H28N2O3. The molecule has 2 aliphatic rings. The summed E-state index contributed by atoms with van der Waals surface area (Å²) in [4.78, 5) is 25.7. The molecule has 0 aromatic rings. The zero-order chi connectivity index (χ0) is 15.6. The highest BCUT2D eigenvalue weighted by atomic mass is 16.4. The minimum absolute atomic E-state index is 0.0992. The molecule has 0 aromatic heterocycles. The summed E-state index contributed by atoms with van der Waals surface area (Å²) >= 11 is 0. The summed E-state index contributed by atoms with van der Waals surface area (Å²) in [6.07, 6.45) is 3.88. The van der Waals surface area contributed by atoms with Crippen LogP contribution in [0, 0.1) is 23.2 Å². The first kappa shape index (κ1) is 16.3. The van der Waals surface area contributed by atoms with E-state index in [4.69, 9.17) is 5.11 Å². The van der Waals surface area contributed by atoms with Gasteiger partial charge < -0.3 is 15.3 Å². The predicted octanol–water partition coefficient (Wildman–Crippen LogP) is 1.58. The van der Waals surface area contributed by atoms with Gasteiger partial charge in [0.25, 0.3) is 0 Å². The summed E-state index contributed by atoms with van der Waals surface area (Å²) < 4.78 is 0. The third kappa shape index (κ3) is 3.76. The molecule has 5 nitrogen and oxygen atoms in total. The number of carboxylic acid groups (broad SMARTS) is 1. The molecule has 120 valence electrons. The molecule has 2 rings (SSSR count). The van der Waals surface area contributed by atoms with E-state index >= 15 is 0 Å². The van der Waals surface area contributed by atoms with Gasteiger partial charge in [0.2, 0.25) is 5.91 Å². The van der Waals surface area contributed by atoms with Crippen LogP contribution in [0.4, 0.5) is 0 Å². The van der Waals surface area contributed by atoms with Gasteiger partial charge in [-0.05, 0) is 37.3 Å². The first-order chi connectivity index (χ1) is 9.84. The van der Waals surface area contributed by atoms with Crippen LogP contribution >= 0.6 is 0 Å². The molecule has 0 aromatic carbocycles. The lowest BCUT2D eigenvalue weighted by Gasteiger charge is -2.29. The first-order valence-corrected chi connectivity index (χ1v) is 8.07. The fourth-order valence-corrected chi connectivity index (χ4v) is 3.62. The molecule has 2 fully saturated rings. The number of nitrogens with zero attached hydrogens (tertiary/aromatic N) is 1. The van der Waals surface area contributed by atoms with Crippen LogP contribution in [-0.4, -0.2) is 48.1 Å². The highest BCUT2D eigenvalue weighted by Gasteiger charge is 2.65. The van der Waals surface area contributed by atoms with Gasteiger partial charge >= 0.3 is 5.97 Å². The second-order valence-corrected chi connectivity index (χ2v) is 7.33. The minimum Gasteiger partial charge on any atom is -0.481 e. The van der Waals surface area contributed by atoms with Gasteiger partial charge in [-0.1, -0.05) is 27.2 Å². The van der Waals surface area contributed by atoms with E-state index in [1.807, 2.05) is 13.8 Å². The van der Waals surface area contributed by atoms with E-state index in [-0.39, 0.29) is 11.8 Å². The fraction of sp³-hybridized carbons (Fsp3) is 0.875. The van der Waals surface area contributed by atoms with Crippen molar-refractivity contribution >= 4 is 11.9 Å². The molecule has 1 heterocycles. The minimum atomic E-state index is -0.860. The van der Waals surface area contributed by atoms with Gasteiger partial charge in [0.1, 0.15) is 0 Å². The zero-order valence-corrected chi connectivity index (χ0v) is 13.4. The second kappa shape index (κ2) is 6.34. The van der Waals surface area contributed by atoms with Crippen LogP contribution in [-0.2, 0) is 9.59 Å². The molecule has 1 aliphatic heterocycles. The zero-order valence-electron chi connectivity index (χ0n) is 13.4. The largest absolute Gasteiger partial charge is 0.481 e. The Hall–Kier alpha value is -1.10. The van der Waals surface area contributed by atoms with Crippen LogP contribution in [0.3, 0.4) is 0 Å². The maximum atomic E-state index is 12.1. The van der Waals surface area contributed by atoms with E-state index in [0.717, 1.165) is 19.6 Å². The van der Waals surface area contributed by atoms with Crippen molar-refractivity contribution in [2.75, 3.05) is 26.2 Å². The average molecular weight is 296 g/mol. The molecular weight excluding hydrogens is 268 g/mol. The SMILES string of the molecule is CC(CNC(=O)[C@H]1[C@@H](C(=O)O)C1(C)C)CN1CCCCC1. The number of carbonyl (C=O) groups excluding carboxylic acids is 1. The summed E-state index contributed by atoms with van der Waals surface area (Å²) in [5, 5.41) is 12.1. The lowest BCUT2D eigenvalue weighted by atomic mass is 10.1. The lowest BCUT2D eigenvalue weighted by Crippen LogP contribution is -2.38. The number of hydrogen-bond acceptors (Lipinski definition) is 3. The number of amides is 1. The Bertz CT molecular complexity index is 402. The van der Waals surface area contributed by atoms with Crippen molar-refractivity contribution in [3.05, 3.63) is 0 Å². The van der Waals surface area contributed by atoms with E-state index in [0.29, 0.717) is 12.5 Å². The number of carbonyl (C=O) groups is 2. The smallest absolute Gasteiger partial charge is 0.307 e. The van der Waals surface area contributed by atoms with Crippen LogP contribution in [0.1, 0.15) is 40.0 Å². The van der Waals surface area contributed by atoms with Gasteiger partial charge in [-0.3, -0.25) is 9.59 Å². The van der Waals surface area contributed by atoms with Gasteiger partial charge in [-0.2, -0.15) is 0 Å². The molecule has 1 unspecified atom stereocenters. The Kier molecular flexibility index (Phi) is 4.91. The maximum Gasteiger partial charge on any atom is 0.307 e. The van der Waals surface area contributed by atoms with Gasteiger partial charge in [-0.15, -0.1) is 0 Å². The van der Waals surface area contributed by atoms with Gasteiger partial charge in [0.15, 0.2) is 0 Å². The topological polar surface area (TPSA) is 69.6 Å². The summed E-state index contributed by atoms with van der Waals surface area (Å²) in [6, 6.07) is 0. The third-order valence-electron chi connectivity index (χ3n) is 5.02. The van der Waals surface area contributed by atoms with Crippen LogP contribution in [0.5, 0.6) is 0 Å². The Morgan fingerprint density at radius 2 is 1.86 bits per heavy atom. The van der Waals surface area contributed by atoms with E-state index < -0.39 is 17.3 Å². The Morgan fingerprint density at radius 1 is 1.24 bits per heavy atom. The molecule has 2 N–H and O–H groups in total. The van der Waals surface area contributed by atoms with Gasteiger partial charge in [0.05, 0.1) is 11.8 Å². The standard InChI is InChI=1S/C16H28N2O3/c1-11(10-18-7-5-4-6-8-18)9-17-14(19)12-13(15(20)21)16(12,2)3/h11-13H,4-10H2,1-3H3,(H,17,19)(H,20,21)/t11?,12-,13+/m1/s1. The van der Waals surface area contributed by atoms with Crippen molar-refractivity contribution < 1.29 is 14.7 Å². The van der Waals surface area contributed by atoms with E-state index in [2.05, 4.69) is 17.1 Å². The normalized spacial score (nSPS) is 29.7. The van der Waals surface area contributed by atoms with Crippen LogP contribution in [0.2, 0.25) is 0 Å². The summed E-state index contributed by atoms with van der Waals surface area (Å²) in [5.74, 6) is -1.47. The predicted molar refractivity (Wildman–Crippen MR) is 80.9 cm³/mol. The van der Waals surface area contributed by atoms with E-state index in [1.54, 1.807) is 0 Å². The number of likely N-dealkylation sites (tertiary alicyclic amines) is 1. The van der Waals surface area contributed by atoms with Gasteiger partial charge in [0, 0.05) is 13.1 Å². The van der Waals surface area contributed by atoms with Crippen molar-refractivity contribution in [1.82, 2.24) is 10.2 Å². The van der Waals surface area contributed by atoms with E-state index in [9.17, 15) is 9.59 Å². The third-order valence-corrected chi connectivity index (χ3v) is 5.02. The molecule has 1 saturated carbocycles. The monoisotopic (exact) mass is 296 g/mol. The quantitative estimate of drug-likeness (QED) is 0.781. The number of nitrogens with one attached hydrogen (secondary N) is 1. The second-order valence-electron chi connectivity index (χ2n) is 7.33. The van der Waals surface area contributed by atoms with Crippen molar-refractivity contribution in [1.29, 1.82) is 0 Å². The molecule has 21 heavy (non-hydrogen) atoms. The number of carboxylic acids is 1. The highest BCUT2D eigenvalue weighted by molar-refractivity contribution is 5.91. The number of piperidine rings is 1. The number of aliphatic carboxylic acids is 1. The van der Waals surface area contributed by atoms with Gasteiger partial charge in [-0.25, -0.2) is 0 Å². The Labute approximate surface area is 127 Å². The molecule has 0 radical (unpaired) electrons. The van der Waals surface area contributed by atoms with Crippen molar-refractivity contribution in [3.8, 4) is 0 Å². The highest BCUT2D eigenvalue weighted by Crippen LogP contribution is 2.58. The molecule has 1 saturated heterocycles. The maximum absolute atomic E-state index is 12.1. The number of hydrogen-bond donors (Lipinski definition) is 2. The fourth-order valence-electron chi connectivity index (χ4n) is 3.62. The lowest BCUT2D eigenvalue weighted by molar-refractivity contribution is -0.140. The van der Waals surface area contributed by atoms with Crippen molar-refractivity contribution in [3.63, 3.8) is 0 Å². The molecule has 5 heteroatoms. The summed E-state index contributed by atoms with van der Waals surface area (Å²) in [6.45, 7) is 9.82. The number of rotatable bonds is 6. The molecule has 1 amide bonds. The molecule has 1 aliphatic carbocycles. The summed E-state index contributed by atoms with van der Waals surface area (Å²) in [7, 11) is 0. The molecule has 0 bridgehead atoms. The Balaban J connectivity index is 1.73. The molecule has 3 atom stereocenters. The molecule has 0 spiro atoms. The van der Waals surface area contributed by atoms with Crippen LogP contribution in [0.15, 0.2) is 0 Å². The Morgan fingerprint density at radius 3 is 2.38 bits per heavy atom. The first-order valence-electron chi connectivity index (χ1n) is 8.07. The average Bonchev–Trinajstić information content (AvgIpc) is 3.00. The van der Waals surface area contributed by atoms with Crippen LogP contribution in [0.25, 0.3) is 0 Å². The van der Waals surface area contributed by atoms with Crippen molar-refractivity contribution in [2.45, 2.75) is 40.0 Å². The summed E-state index contributed by atoms with van der Waals surface area (Å²) in [5.41, 5.74) is -0.411. The van der Waals surface area contributed by atoms with Crippen LogP contribution < -0.4 is 5.32 Å². The van der Waals surface area contributed by atoms with Crippen molar-refractivity contribution in [2.24, 2.45) is 23.2 Å².